The lowest BCUT2D eigenvalue weighted by molar-refractivity contribution is -0.384. The maximum Gasteiger partial charge on any atom is 0.341 e. The second-order valence-corrected chi connectivity index (χ2v) is 3.49. The molecular weight excluding hydrogens is 261 g/mol. The molecule has 0 unspecified atom stereocenters. The Bertz CT molecular complexity index is 448. The molecule has 0 saturated heterocycles. The van der Waals surface area contributed by atoms with Gasteiger partial charge in [-0.15, -0.1) is 0 Å². The number of hydrogen-bond acceptors (Lipinski definition) is 4. The normalized spacial score (nSPS) is 9.88. The maximum absolute atomic E-state index is 10.5. The van der Waals surface area contributed by atoms with Crippen LogP contribution >= 0.6 is 23.2 Å². The van der Waals surface area contributed by atoms with E-state index in [1.165, 1.54) is 0 Å². The molecular formula is C8H5Cl2NO5. The van der Waals surface area contributed by atoms with Gasteiger partial charge in [0.1, 0.15) is 10.8 Å². The highest BCUT2D eigenvalue weighted by molar-refractivity contribution is 6.36. The Labute approximate surface area is 99.5 Å². The summed E-state index contributed by atoms with van der Waals surface area (Å²) >= 11 is 11.2. The number of nitrogens with zero attached hydrogens (tertiary/aromatic N) is 1. The smallest absolute Gasteiger partial charge is 0.341 e. The van der Waals surface area contributed by atoms with Crippen LogP contribution in [0.3, 0.4) is 0 Å². The fourth-order valence-corrected chi connectivity index (χ4v) is 1.42. The molecule has 8 heteroatoms. The summed E-state index contributed by atoms with van der Waals surface area (Å²) in [6.07, 6.45) is 0. The van der Waals surface area contributed by atoms with E-state index in [2.05, 4.69) is 0 Å². The van der Waals surface area contributed by atoms with E-state index in [1.54, 1.807) is 0 Å². The first-order chi connectivity index (χ1) is 7.41. The number of hydrogen-bond donors (Lipinski definition) is 1. The molecule has 0 aliphatic carbocycles. The number of aliphatic carboxylic acids is 1. The third kappa shape index (κ3) is 2.98. The third-order valence-electron chi connectivity index (χ3n) is 1.55. The Kier molecular flexibility index (Phi) is 3.92. The number of benzene rings is 1. The summed E-state index contributed by atoms with van der Waals surface area (Å²) in [6, 6.07) is 2.10. The number of ether oxygens (including phenoxy) is 1. The molecule has 0 fully saturated rings. The minimum Gasteiger partial charge on any atom is -0.480 e. The molecule has 86 valence electrons. The summed E-state index contributed by atoms with van der Waals surface area (Å²) in [6.45, 7) is -0.640. The molecule has 0 aliphatic rings. The molecule has 1 N–H and O–H groups in total. The molecule has 0 spiro atoms. The fourth-order valence-electron chi connectivity index (χ4n) is 0.908. The van der Waals surface area contributed by atoms with Gasteiger partial charge in [-0.25, -0.2) is 4.79 Å². The van der Waals surface area contributed by atoms with Gasteiger partial charge in [0.15, 0.2) is 6.61 Å². The summed E-state index contributed by atoms with van der Waals surface area (Å²) in [4.78, 5) is 20.1. The van der Waals surface area contributed by atoms with Crippen LogP contribution in [0.5, 0.6) is 5.75 Å². The molecule has 1 rings (SSSR count). The highest BCUT2D eigenvalue weighted by Gasteiger charge is 2.17. The summed E-state index contributed by atoms with van der Waals surface area (Å²) in [7, 11) is 0. The van der Waals surface area contributed by atoms with Crippen molar-refractivity contribution < 1.29 is 19.6 Å². The summed E-state index contributed by atoms with van der Waals surface area (Å²) in [5.74, 6) is -1.31. The topological polar surface area (TPSA) is 89.7 Å². The summed E-state index contributed by atoms with van der Waals surface area (Å²) in [5, 5.41) is 18.8. The monoisotopic (exact) mass is 265 g/mol. The molecule has 1 aromatic rings. The van der Waals surface area contributed by atoms with Crippen molar-refractivity contribution in [1.82, 2.24) is 0 Å². The summed E-state index contributed by atoms with van der Waals surface area (Å²) in [5.41, 5.74) is -0.397. The molecule has 0 radical (unpaired) electrons. The average Bonchev–Trinajstić information content (AvgIpc) is 2.15. The highest BCUT2D eigenvalue weighted by atomic mass is 35.5. The van der Waals surface area contributed by atoms with Gasteiger partial charge in [-0.05, 0) is 6.07 Å². The van der Waals surface area contributed by atoms with Crippen LogP contribution in [0.25, 0.3) is 0 Å². The molecule has 16 heavy (non-hydrogen) atoms. The zero-order valence-electron chi connectivity index (χ0n) is 7.65. The predicted molar refractivity (Wildman–Crippen MR) is 56.2 cm³/mol. The first-order valence-corrected chi connectivity index (χ1v) is 4.65. The molecule has 0 atom stereocenters. The van der Waals surface area contributed by atoms with E-state index in [0.29, 0.717) is 0 Å². The third-order valence-corrected chi connectivity index (χ3v) is 2.15. The lowest BCUT2D eigenvalue weighted by Crippen LogP contribution is -2.09. The lowest BCUT2D eigenvalue weighted by atomic mass is 10.3. The standard InChI is InChI=1S/C8H5Cl2NO5/c9-4-1-5(10)7(16-3-8(12)13)2-6(4)11(14)15/h1-2H,3H2,(H,12,13). The van der Waals surface area contributed by atoms with E-state index in [4.69, 9.17) is 33.0 Å². The van der Waals surface area contributed by atoms with Crippen LogP contribution in [0, 0.1) is 10.1 Å². The number of nitro benzene ring substituents is 1. The van der Waals surface area contributed by atoms with E-state index in [1.807, 2.05) is 0 Å². The molecule has 0 aromatic heterocycles. The lowest BCUT2D eigenvalue weighted by Gasteiger charge is -2.05. The molecule has 0 aliphatic heterocycles. The van der Waals surface area contributed by atoms with Crippen molar-refractivity contribution in [3.63, 3.8) is 0 Å². The molecule has 0 heterocycles. The van der Waals surface area contributed by atoms with Gasteiger partial charge in [0.05, 0.1) is 16.0 Å². The number of halogens is 2. The van der Waals surface area contributed by atoms with Crippen molar-refractivity contribution in [1.29, 1.82) is 0 Å². The van der Waals surface area contributed by atoms with E-state index >= 15 is 0 Å². The van der Waals surface area contributed by atoms with E-state index < -0.39 is 23.2 Å². The van der Waals surface area contributed by atoms with Gasteiger partial charge in [-0.1, -0.05) is 23.2 Å². The summed E-state index contributed by atoms with van der Waals surface area (Å²) < 4.78 is 4.75. The van der Waals surface area contributed by atoms with E-state index in [-0.39, 0.29) is 15.8 Å². The minimum absolute atomic E-state index is 0.0110. The second kappa shape index (κ2) is 5.00. The zero-order valence-corrected chi connectivity index (χ0v) is 9.16. The number of rotatable bonds is 4. The minimum atomic E-state index is -1.21. The fraction of sp³-hybridized carbons (Fsp3) is 0.125. The SMILES string of the molecule is O=C(O)COc1cc([N+](=O)[O-])c(Cl)cc1Cl. The second-order valence-electron chi connectivity index (χ2n) is 2.67. The van der Waals surface area contributed by atoms with Crippen LogP contribution in [0.15, 0.2) is 12.1 Å². The molecule has 0 bridgehead atoms. The van der Waals surface area contributed by atoms with Gasteiger partial charge in [-0.3, -0.25) is 10.1 Å². The van der Waals surface area contributed by atoms with Crippen molar-refractivity contribution >= 4 is 34.9 Å². The number of nitro groups is 1. The van der Waals surface area contributed by atoms with Gasteiger partial charge in [0.25, 0.3) is 5.69 Å². The number of carboxylic acid groups (broad SMARTS) is 1. The Morgan fingerprint density at radius 1 is 1.44 bits per heavy atom. The number of carbonyl (C=O) groups is 1. The van der Waals surface area contributed by atoms with Gasteiger partial charge in [0, 0.05) is 0 Å². The van der Waals surface area contributed by atoms with Crippen molar-refractivity contribution in [2.75, 3.05) is 6.61 Å². The Balaban J connectivity index is 3.05. The van der Waals surface area contributed by atoms with Crippen molar-refractivity contribution in [3.05, 3.63) is 32.3 Å². The molecule has 0 amide bonds. The first-order valence-electron chi connectivity index (χ1n) is 3.90. The molecule has 0 saturated carbocycles. The van der Waals surface area contributed by atoms with Crippen molar-refractivity contribution in [2.24, 2.45) is 0 Å². The predicted octanol–water partition coefficient (Wildman–Crippen LogP) is 2.37. The first kappa shape index (κ1) is 12.5. The Morgan fingerprint density at radius 3 is 2.56 bits per heavy atom. The Morgan fingerprint density at radius 2 is 2.06 bits per heavy atom. The van der Waals surface area contributed by atoms with Crippen LogP contribution in [0.1, 0.15) is 0 Å². The van der Waals surface area contributed by atoms with Crippen molar-refractivity contribution in [2.45, 2.75) is 0 Å². The average molecular weight is 266 g/mol. The maximum atomic E-state index is 10.5. The van der Waals surface area contributed by atoms with Crippen LogP contribution in [0.2, 0.25) is 10.0 Å². The van der Waals surface area contributed by atoms with E-state index in [0.717, 1.165) is 12.1 Å². The van der Waals surface area contributed by atoms with Gasteiger partial charge in [-0.2, -0.15) is 0 Å². The van der Waals surface area contributed by atoms with Gasteiger partial charge >= 0.3 is 5.97 Å². The number of carboxylic acids is 1. The van der Waals surface area contributed by atoms with Crippen molar-refractivity contribution in [3.8, 4) is 5.75 Å². The van der Waals surface area contributed by atoms with Crippen LogP contribution in [0.4, 0.5) is 5.69 Å². The Hall–Kier alpha value is -1.53. The van der Waals surface area contributed by atoms with Crippen LogP contribution in [-0.2, 0) is 4.79 Å². The van der Waals surface area contributed by atoms with Gasteiger partial charge < -0.3 is 9.84 Å². The van der Waals surface area contributed by atoms with Gasteiger partial charge in [0.2, 0.25) is 0 Å². The zero-order chi connectivity index (χ0) is 12.3. The largest absolute Gasteiger partial charge is 0.480 e. The molecule has 1 aromatic carbocycles. The quantitative estimate of drug-likeness (QED) is 0.667. The highest BCUT2D eigenvalue weighted by Crippen LogP contribution is 2.35. The van der Waals surface area contributed by atoms with E-state index in [9.17, 15) is 14.9 Å². The van der Waals surface area contributed by atoms with Crippen LogP contribution < -0.4 is 4.74 Å². The van der Waals surface area contributed by atoms with Crippen LogP contribution in [-0.4, -0.2) is 22.6 Å². The molecule has 6 nitrogen and oxygen atoms in total.